The quantitative estimate of drug-likeness (QED) is 0.328. The van der Waals surface area contributed by atoms with Crippen molar-refractivity contribution in [3.63, 3.8) is 0 Å². The molecule has 0 bridgehead atoms. The van der Waals surface area contributed by atoms with Gasteiger partial charge in [-0.2, -0.15) is 0 Å². The van der Waals surface area contributed by atoms with Gasteiger partial charge in [0.15, 0.2) is 0 Å². The Morgan fingerprint density at radius 3 is 0.783 bits per heavy atom. The van der Waals surface area contributed by atoms with E-state index >= 15 is 0 Å². The molecular weight excluding hydrogens is 345 g/mol. The van der Waals surface area contributed by atoms with Crippen molar-refractivity contribution in [2.45, 2.75) is 97.8 Å². The summed E-state index contributed by atoms with van der Waals surface area (Å²) in [6.07, 6.45) is 4.18. The summed E-state index contributed by atoms with van der Waals surface area (Å²) in [6, 6.07) is 0. The van der Waals surface area contributed by atoms with Crippen LogP contribution in [0.5, 0.6) is 0 Å². The zero-order valence-corrected chi connectivity index (χ0v) is 22.4. The standard InChI is InChI=1S/C17H46N2Si4/c1-20(2,3)18(21(4,5)6)16-14-13-15-17-19(22(7,8)9)23(10,11)12/h13-17H2,1-12H3. The minimum atomic E-state index is -1.17. The maximum Gasteiger partial charge on any atom is 0.112 e. The molecule has 6 heteroatoms. The summed E-state index contributed by atoms with van der Waals surface area (Å²) in [5.41, 5.74) is 0. The van der Waals surface area contributed by atoms with E-state index < -0.39 is 32.9 Å². The lowest BCUT2D eigenvalue weighted by atomic mass is 10.2. The Bertz CT molecular complexity index is 284. The SMILES string of the molecule is C[Si](C)(C)N(CCCCCN([Si](C)(C)C)[Si](C)(C)C)[Si](C)(C)C. The van der Waals surface area contributed by atoms with Gasteiger partial charge < -0.3 is 8.46 Å². The second-order valence-electron chi connectivity index (χ2n) is 11.0. The van der Waals surface area contributed by atoms with Crippen molar-refractivity contribution in [3.05, 3.63) is 0 Å². The van der Waals surface area contributed by atoms with Gasteiger partial charge in [-0.15, -0.1) is 0 Å². The van der Waals surface area contributed by atoms with E-state index in [1.165, 1.54) is 32.4 Å². The molecule has 0 aromatic carbocycles. The van der Waals surface area contributed by atoms with Gasteiger partial charge in [-0.1, -0.05) is 85.0 Å². The Morgan fingerprint density at radius 2 is 0.609 bits per heavy atom. The lowest BCUT2D eigenvalue weighted by Gasteiger charge is -2.44. The third-order valence-corrected chi connectivity index (χ3v) is 19.9. The van der Waals surface area contributed by atoms with Crippen LogP contribution in [0.25, 0.3) is 0 Å². The fourth-order valence-electron chi connectivity index (χ4n) is 4.07. The predicted octanol–water partition coefficient (Wildman–Crippen LogP) is 6.10. The highest BCUT2D eigenvalue weighted by atomic mass is 28.4. The first-order valence-corrected chi connectivity index (χ1v) is 23.3. The third kappa shape index (κ3) is 9.16. The summed E-state index contributed by atoms with van der Waals surface area (Å²) in [5, 5.41) is 0. The zero-order chi connectivity index (χ0) is 18.7. The normalized spacial score (nSPS) is 14.9. The predicted molar refractivity (Wildman–Crippen MR) is 121 cm³/mol. The lowest BCUT2D eigenvalue weighted by molar-refractivity contribution is 0.512. The molecule has 0 aliphatic heterocycles. The van der Waals surface area contributed by atoms with Crippen molar-refractivity contribution in [2.24, 2.45) is 0 Å². The minimum Gasteiger partial charge on any atom is -0.346 e. The van der Waals surface area contributed by atoms with Gasteiger partial charge in [-0.05, 0) is 25.9 Å². The molecular formula is C17H46N2Si4. The molecule has 140 valence electrons. The largest absolute Gasteiger partial charge is 0.346 e. The average Bonchev–Trinajstić information content (AvgIpc) is 2.19. The Hall–Kier alpha value is 0.788. The van der Waals surface area contributed by atoms with Crippen LogP contribution in [0, 0.1) is 0 Å². The van der Waals surface area contributed by atoms with Crippen LogP contribution in [-0.2, 0) is 0 Å². The van der Waals surface area contributed by atoms with Gasteiger partial charge in [-0.25, -0.2) is 0 Å². The topological polar surface area (TPSA) is 6.48 Å². The van der Waals surface area contributed by atoms with Crippen LogP contribution >= 0.6 is 0 Å². The van der Waals surface area contributed by atoms with Crippen molar-refractivity contribution in [1.29, 1.82) is 0 Å². The van der Waals surface area contributed by atoms with Gasteiger partial charge in [0.1, 0.15) is 32.9 Å². The Kier molecular flexibility index (Phi) is 8.74. The van der Waals surface area contributed by atoms with E-state index in [1.807, 2.05) is 0 Å². The van der Waals surface area contributed by atoms with Crippen LogP contribution in [0.1, 0.15) is 19.3 Å². The highest BCUT2D eigenvalue weighted by molar-refractivity contribution is 6.90. The van der Waals surface area contributed by atoms with E-state index in [0.717, 1.165) is 0 Å². The number of rotatable bonds is 10. The second kappa shape index (κ2) is 8.45. The maximum atomic E-state index is 2.94. The van der Waals surface area contributed by atoms with Gasteiger partial charge in [0, 0.05) is 0 Å². The molecule has 0 aromatic rings. The number of hydrogen-bond acceptors (Lipinski definition) is 2. The van der Waals surface area contributed by atoms with Crippen LogP contribution in [0.15, 0.2) is 0 Å². The highest BCUT2D eigenvalue weighted by Gasteiger charge is 2.35. The van der Waals surface area contributed by atoms with Gasteiger partial charge in [0.25, 0.3) is 0 Å². The maximum absolute atomic E-state index is 2.94. The number of nitrogens with zero attached hydrogens (tertiary/aromatic N) is 2. The van der Waals surface area contributed by atoms with Gasteiger partial charge in [0.2, 0.25) is 0 Å². The molecule has 0 radical (unpaired) electrons. The Labute approximate surface area is 152 Å². The van der Waals surface area contributed by atoms with Crippen LogP contribution in [0.2, 0.25) is 78.6 Å². The van der Waals surface area contributed by atoms with E-state index in [0.29, 0.717) is 0 Å². The summed E-state index contributed by atoms with van der Waals surface area (Å²) in [5.74, 6) is 0. The molecule has 0 heterocycles. The summed E-state index contributed by atoms with van der Waals surface area (Å²) < 4.78 is 5.88. The van der Waals surface area contributed by atoms with Crippen molar-refractivity contribution < 1.29 is 0 Å². The summed E-state index contributed by atoms with van der Waals surface area (Å²) in [7, 11) is -4.66. The molecule has 23 heavy (non-hydrogen) atoms. The third-order valence-electron chi connectivity index (χ3n) is 4.50. The summed E-state index contributed by atoms with van der Waals surface area (Å²) in [4.78, 5) is 0. The molecule has 0 aliphatic carbocycles. The van der Waals surface area contributed by atoms with Crippen LogP contribution in [-0.4, -0.2) is 54.5 Å². The van der Waals surface area contributed by atoms with E-state index in [2.05, 4.69) is 87.0 Å². The molecule has 0 saturated carbocycles. The van der Waals surface area contributed by atoms with Gasteiger partial charge in [0.05, 0.1) is 0 Å². The van der Waals surface area contributed by atoms with Crippen LogP contribution in [0.3, 0.4) is 0 Å². The zero-order valence-electron chi connectivity index (χ0n) is 18.4. The van der Waals surface area contributed by atoms with Crippen LogP contribution in [0.4, 0.5) is 0 Å². The molecule has 0 rings (SSSR count). The molecule has 2 nitrogen and oxygen atoms in total. The molecule has 0 unspecified atom stereocenters. The Balaban J connectivity index is 4.46. The fraction of sp³-hybridized carbons (Fsp3) is 1.00. The molecule has 0 atom stereocenters. The van der Waals surface area contributed by atoms with Crippen molar-refractivity contribution in [3.8, 4) is 0 Å². The van der Waals surface area contributed by atoms with Crippen molar-refractivity contribution >= 4 is 32.9 Å². The molecule has 0 saturated heterocycles. The average molecular weight is 391 g/mol. The first-order chi connectivity index (χ1) is 9.97. The molecule has 0 N–H and O–H groups in total. The summed E-state index contributed by atoms with van der Waals surface area (Å²) >= 11 is 0. The Morgan fingerprint density at radius 1 is 0.391 bits per heavy atom. The number of unbranched alkanes of at least 4 members (excludes halogenated alkanes) is 2. The highest BCUT2D eigenvalue weighted by Crippen LogP contribution is 2.22. The fourth-order valence-corrected chi connectivity index (χ4v) is 23.5. The van der Waals surface area contributed by atoms with Crippen molar-refractivity contribution in [2.75, 3.05) is 13.1 Å². The number of hydrogen-bond donors (Lipinski definition) is 0. The second-order valence-corrected chi connectivity index (χ2v) is 31.5. The molecule has 0 spiro atoms. The van der Waals surface area contributed by atoms with E-state index in [4.69, 9.17) is 0 Å². The first kappa shape index (κ1) is 23.8. The smallest absolute Gasteiger partial charge is 0.112 e. The molecule has 0 aromatic heterocycles. The van der Waals surface area contributed by atoms with E-state index in [-0.39, 0.29) is 0 Å². The van der Waals surface area contributed by atoms with Gasteiger partial charge >= 0.3 is 0 Å². The van der Waals surface area contributed by atoms with Crippen molar-refractivity contribution in [1.82, 2.24) is 8.46 Å². The molecule has 0 aliphatic rings. The van der Waals surface area contributed by atoms with E-state index in [1.54, 1.807) is 0 Å². The monoisotopic (exact) mass is 390 g/mol. The molecule has 0 fully saturated rings. The first-order valence-electron chi connectivity index (χ1n) is 9.53. The lowest BCUT2D eigenvalue weighted by Crippen LogP contribution is -2.59. The van der Waals surface area contributed by atoms with Gasteiger partial charge in [-0.3, -0.25) is 0 Å². The molecule has 0 amide bonds. The van der Waals surface area contributed by atoms with Crippen LogP contribution < -0.4 is 0 Å². The summed E-state index contributed by atoms with van der Waals surface area (Å²) in [6.45, 7) is 32.9. The van der Waals surface area contributed by atoms with E-state index in [9.17, 15) is 0 Å². The minimum absolute atomic E-state index is 1.17.